The Morgan fingerprint density at radius 3 is 2.59 bits per heavy atom. The maximum atomic E-state index is 13.6. The highest BCUT2D eigenvalue weighted by molar-refractivity contribution is 6.34. The summed E-state index contributed by atoms with van der Waals surface area (Å²) in [6, 6.07) is 13.6. The van der Waals surface area contributed by atoms with Gasteiger partial charge in [0.05, 0.1) is 22.7 Å². The number of amides is 2. The number of hydrogen-bond donors (Lipinski definition) is 2. The van der Waals surface area contributed by atoms with E-state index in [9.17, 15) is 9.59 Å². The van der Waals surface area contributed by atoms with E-state index < -0.39 is 17.2 Å². The first-order chi connectivity index (χ1) is 17.4. The molecule has 2 fully saturated rings. The number of benzene rings is 2. The summed E-state index contributed by atoms with van der Waals surface area (Å²) in [5.41, 5.74) is 1.86. The second-order valence-electron chi connectivity index (χ2n) is 10.8. The van der Waals surface area contributed by atoms with E-state index in [-0.39, 0.29) is 24.3 Å². The van der Waals surface area contributed by atoms with E-state index in [0.717, 1.165) is 22.5 Å². The number of carbonyl (C=O) groups excluding carboxylic acids is 2. The summed E-state index contributed by atoms with van der Waals surface area (Å²) in [5.74, 6) is 0.0385. The highest BCUT2D eigenvalue weighted by Crippen LogP contribution is 2.39. The number of aryl methyl sites for hydroxylation is 1. The average Bonchev–Trinajstić information content (AvgIpc) is 2.79. The number of carbonyl (C=O) groups is 2. The van der Waals surface area contributed by atoms with Crippen LogP contribution in [0.4, 0.5) is 16.2 Å². The molecule has 0 saturated carbocycles. The van der Waals surface area contributed by atoms with E-state index in [1.54, 1.807) is 25.7 Å². The molecule has 1 atom stereocenters. The van der Waals surface area contributed by atoms with Crippen molar-refractivity contribution in [1.29, 1.82) is 0 Å². The zero-order chi connectivity index (χ0) is 26.8. The first kappa shape index (κ1) is 26.9. The zero-order valence-corrected chi connectivity index (χ0v) is 22.8. The lowest BCUT2D eigenvalue weighted by Gasteiger charge is -2.45. The van der Waals surface area contributed by atoms with E-state index >= 15 is 0 Å². The van der Waals surface area contributed by atoms with E-state index in [4.69, 9.17) is 21.1 Å². The van der Waals surface area contributed by atoms with Gasteiger partial charge in [-0.15, -0.1) is 4.99 Å². The fourth-order valence-corrected chi connectivity index (χ4v) is 5.11. The molecule has 198 valence electrons. The van der Waals surface area contributed by atoms with Gasteiger partial charge in [-0.3, -0.25) is 9.69 Å². The molecule has 0 radical (unpaired) electrons. The molecule has 0 unspecified atom stereocenters. The van der Waals surface area contributed by atoms with Crippen LogP contribution in [0.25, 0.3) is 0 Å². The van der Waals surface area contributed by atoms with Crippen LogP contribution in [0, 0.1) is 6.92 Å². The van der Waals surface area contributed by atoms with Gasteiger partial charge in [-0.1, -0.05) is 35.9 Å². The van der Waals surface area contributed by atoms with Crippen molar-refractivity contribution < 1.29 is 19.1 Å². The molecule has 2 aromatic rings. The molecule has 0 aliphatic carbocycles. The number of anilines is 2. The molecule has 8 nitrogen and oxygen atoms in total. The average molecular weight is 527 g/mol. The predicted octanol–water partition coefficient (Wildman–Crippen LogP) is 5.90. The quantitative estimate of drug-likeness (QED) is 0.515. The number of halogens is 1. The van der Waals surface area contributed by atoms with Crippen LogP contribution >= 0.6 is 11.6 Å². The Balaban J connectivity index is 1.69. The Morgan fingerprint density at radius 1 is 1.22 bits per heavy atom. The maximum Gasteiger partial charge on any atom is 0.437 e. The van der Waals surface area contributed by atoms with Gasteiger partial charge in [-0.2, -0.15) is 0 Å². The molecule has 0 aromatic heterocycles. The number of guanidine groups is 1. The smallest absolute Gasteiger partial charge is 0.437 e. The Hall–Kier alpha value is -3.10. The number of aliphatic imine (C=N–C) groups is 1. The van der Waals surface area contributed by atoms with Gasteiger partial charge in [-0.25, -0.2) is 4.79 Å². The highest BCUT2D eigenvalue weighted by atomic mass is 35.5. The molecule has 2 heterocycles. The second-order valence-corrected chi connectivity index (χ2v) is 11.2. The molecule has 9 heteroatoms. The molecule has 2 aliphatic rings. The van der Waals surface area contributed by atoms with Crippen LogP contribution in [0.5, 0.6) is 0 Å². The topological polar surface area (TPSA) is 92.3 Å². The summed E-state index contributed by atoms with van der Waals surface area (Å²) in [5, 5.41) is 7.25. The van der Waals surface area contributed by atoms with Crippen LogP contribution in [0.3, 0.4) is 0 Å². The van der Waals surface area contributed by atoms with Crippen LogP contribution in [0.2, 0.25) is 5.02 Å². The third kappa shape index (κ3) is 6.43. The minimum Gasteiger partial charge on any atom is -0.442 e. The Bertz CT molecular complexity index is 1200. The summed E-state index contributed by atoms with van der Waals surface area (Å²) in [7, 11) is 0. The number of ether oxygens (including phenoxy) is 2. The summed E-state index contributed by atoms with van der Waals surface area (Å²) < 4.78 is 10.9. The van der Waals surface area contributed by atoms with E-state index in [2.05, 4.69) is 15.6 Å². The minimum absolute atomic E-state index is 0.121. The van der Waals surface area contributed by atoms with Gasteiger partial charge < -0.3 is 20.1 Å². The Labute approximate surface area is 223 Å². The summed E-state index contributed by atoms with van der Waals surface area (Å²) in [6.45, 7) is 10.3. The van der Waals surface area contributed by atoms with Gasteiger partial charge in [-0.05, 0) is 76.8 Å². The maximum absolute atomic E-state index is 13.6. The predicted molar refractivity (Wildman–Crippen MR) is 145 cm³/mol. The zero-order valence-electron chi connectivity index (χ0n) is 22.1. The molecule has 2 saturated heterocycles. The van der Waals surface area contributed by atoms with Crippen molar-refractivity contribution in [2.45, 2.75) is 71.1 Å². The normalized spacial score (nSPS) is 22.1. The molecule has 2 amide bonds. The highest BCUT2D eigenvalue weighted by Gasteiger charge is 2.44. The fraction of sp³-hybridized carbons (Fsp3) is 0.464. The Morgan fingerprint density at radius 2 is 1.92 bits per heavy atom. The van der Waals surface area contributed by atoms with Crippen molar-refractivity contribution in [1.82, 2.24) is 10.2 Å². The molecule has 2 aromatic carbocycles. The SMILES string of the molecule is Cc1cccc(Nc2cccc([C@]3(C)CC(=O)N(C4CCOCC4)C(=NC(=O)OC(C)(C)C)N3)c2Cl)c1. The van der Waals surface area contributed by atoms with Crippen LogP contribution in [0.15, 0.2) is 47.5 Å². The van der Waals surface area contributed by atoms with Crippen LogP contribution < -0.4 is 10.6 Å². The Kier molecular flexibility index (Phi) is 7.80. The molecular formula is C28H35ClN4O4. The van der Waals surface area contributed by atoms with Crippen molar-refractivity contribution in [2.24, 2.45) is 4.99 Å². The van der Waals surface area contributed by atoms with Gasteiger partial charge in [0.2, 0.25) is 11.9 Å². The molecule has 0 spiro atoms. The van der Waals surface area contributed by atoms with Gasteiger partial charge in [0.1, 0.15) is 5.60 Å². The van der Waals surface area contributed by atoms with E-state index in [1.807, 2.05) is 56.3 Å². The lowest BCUT2D eigenvalue weighted by molar-refractivity contribution is -0.133. The van der Waals surface area contributed by atoms with Crippen molar-refractivity contribution in [3.05, 3.63) is 58.6 Å². The van der Waals surface area contributed by atoms with E-state index in [1.165, 1.54) is 0 Å². The van der Waals surface area contributed by atoms with Crippen LogP contribution in [-0.4, -0.2) is 47.7 Å². The minimum atomic E-state index is -0.902. The lowest BCUT2D eigenvalue weighted by atomic mass is 9.85. The van der Waals surface area contributed by atoms with Crippen molar-refractivity contribution in [2.75, 3.05) is 18.5 Å². The molecule has 37 heavy (non-hydrogen) atoms. The number of rotatable bonds is 4. The number of hydrogen-bond acceptors (Lipinski definition) is 5. The number of nitrogens with zero attached hydrogens (tertiary/aromatic N) is 2. The van der Waals surface area contributed by atoms with E-state index in [0.29, 0.717) is 31.1 Å². The third-order valence-corrected chi connectivity index (χ3v) is 6.83. The molecular weight excluding hydrogens is 492 g/mol. The van der Waals surface area contributed by atoms with Gasteiger partial charge in [0.15, 0.2) is 0 Å². The molecule has 2 N–H and O–H groups in total. The molecule has 0 bridgehead atoms. The second kappa shape index (κ2) is 10.7. The number of nitrogens with one attached hydrogen (secondary N) is 2. The lowest BCUT2D eigenvalue weighted by Crippen LogP contribution is -2.63. The van der Waals surface area contributed by atoms with Gasteiger partial charge in [0, 0.05) is 24.9 Å². The largest absolute Gasteiger partial charge is 0.442 e. The van der Waals surface area contributed by atoms with Crippen LogP contribution in [0.1, 0.15) is 58.1 Å². The first-order valence-corrected chi connectivity index (χ1v) is 13.0. The van der Waals surface area contributed by atoms with Crippen molar-refractivity contribution in [3.63, 3.8) is 0 Å². The summed E-state index contributed by atoms with van der Waals surface area (Å²) >= 11 is 6.92. The van der Waals surface area contributed by atoms with Gasteiger partial charge in [0.25, 0.3) is 0 Å². The fourth-order valence-electron chi connectivity index (χ4n) is 4.73. The summed E-state index contributed by atoms with van der Waals surface area (Å²) in [4.78, 5) is 32.2. The van der Waals surface area contributed by atoms with Gasteiger partial charge >= 0.3 is 6.09 Å². The van der Waals surface area contributed by atoms with Crippen molar-refractivity contribution in [3.8, 4) is 0 Å². The summed E-state index contributed by atoms with van der Waals surface area (Å²) in [6.07, 6.45) is 0.707. The standard InChI is InChI=1S/C28H35ClN4O4/c1-18-8-6-9-19(16-18)30-22-11-7-10-21(24(22)29)28(5)17-23(34)33(20-12-14-36-15-13-20)25(32-28)31-26(35)37-27(2,3)4/h6-11,16,20,30H,12-15,17H2,1-5H3,(H,31,32,35)/t28-/m0/s1. The van der Waals surface area contributed by atoms with Crippen LogP contribution in [-0.2, 0) is 19.8 Å². The third-order valence-electron chi connectivity index (χ3n) is 6.43. The van der Waals surface area contributed by atoms with Crippen molar-refractivity contribution >= 4 is 40.9 Å². The molecule has 4 rings (SSSR count). The first-order valence-electron chi connectivity index (χ1n) is 12.6. The molecule has 2 aliphatic heterocycles. The monoisotopic (exact) mass is 526 g/mol.